The van der Waals surface area contributed by atoms with E-state index in [4.69, 9.17) is 0 Å². The molecule has 0 saturated carbocycles. The van der Waals surface area contributed by atoms with Crippen LogP contribution in [-0.2, 0) is 4.79 Å². The van der Waals surface area contributed by atoms with E-state index in [0.717, 1.165) is 0 Å². The quantitative estimate of drug-likeness (QED) is 0.274. The molecule has 0 spiro atoms. The van der Waals surface area contributed by atoms with Gasteiger partial charge in [-0.05, 0) is 11.8 Å². The van der Waals surface area contributed by atoms with E-state index in [9.17, 15) is 36.2 Å². The largest absolute Gasteiger partial charge is 1.00 e. The SMILES string of the molecule is O=C(/C=C(\[O-])C(F)(F)F)C(F)(F)F.[Tl+]. The third kappa shape index (κ3) is 5.44. The van der Waals surface area contributed by atoms with Crippen LogP contribution >= 0.6 is 0 Å². The fourth-order valence-corrected chi connectivity index (χ4v) is 0.283. The summed E-state index contributed by atoms with van der Waals surface area (Å²) in [6, 6.07) is 0. The standard InChI is InChI=1S/C5H2F6O2.Tl/c6-4(7,8)2(12)1-3(13)5(9,10)11;/h1,12H;/q;+1/p-1/b2-1-;. The third-order valence-corrected chi connectivity index (χ3v) is 0.821. The summed E-state index contributed by atoms with van der Waals surface area (Å²) in [5, 5.41) is 9.82. The summed E-state index contributed by atoms with van der Waals surface area (Å²) < 4.78 is 67.8. The number of hydrogen-bond donors (Lipinski definition) is 0. The average molecular weight is 411 g/mol. The number of allylic oxidation sites excluding steroid dienone is 2. The summed E-state index contributed by atoms with van der Waals surface area (Å²) in [6.45, 7) is 0. The molecule has 0 bridgehead atoms. The zero-order valence-electron chi connectivity index (χ0n) is 6.24. The first-order valence-corrected chi connectivity index (χ1v) is 2.62. The van der Waals surface area contributed by atoms with E-state index in [1.165, 1.54) is 0 Å². The topological polar surface area (TPSA) is 40.1 Å². The molecule has 0 aromatic carbocycles. The Morgan fingerprint density at radius 2 is 1.36 bits per heavy atom. The van der Waals surface area contributed by atoms with Gasteiger partial charge >= 0.3 is 39.7 Å². The van der Waals surface area contributed by atoms with Crippen LogP contribution in [0.15, 0.2) is 11.8 Å². The van der Waals surface area contributed by atoms with Crippen molar-refractivity contribution in [3.05, 3.63) is 11.8 Å². The first kappa shape index (κ1) is 16.2. The van der Waals surface area contributed by atoms with Gasteiger partial charge in [-0.1, -0.05) is 0 Å². The van der Waals surface area contributed by atoms with Crippen LogP contribution in [0.3, 0.4) is 0 Å². The second-order valence-corrected chi connectivity index (χ2v) is 1.87. The average Bonchev–Trinajstić information content (AvgIpc) is 1.82. The maximum absolute atomic E-state index is 11.3. The van der Waals surface area contributed by atoms with Gasteiger partial charge in [-0.2, -0.15) is 26.3 Å². The molecule has 0 aliphatic heterocycles. The number of alkyl halides is 6. The fourth-order valence-electron chi connectivity index (χ4n) is 0.283. The van der Waals surface area contributed by atoms with E-state index >= 15 is 0 Å². The summed E-state index contributed by atoms with van der Waals surface area (Å²) in [5.74, 6) is -5.65. The Morgan fingerprint density at radius 3 is 1.57 bits per heavy atom. The van der Waals surface area contributed by atoms with Gasteiger partial charge in [-0.25, -0.2) is 0 Å². The molecular formula is C5HF6O2Tl. The van der Waals surface area contributed by atoms with Gasteiger partial charge in [0, 0.05) is 0 Å². The maximum atomic E-state index is 11.3. The third-order valence-electron chi connectivity index (χ3n) is 0.821. The van der Waals surface area contributed by atoms with Gasteiger partial charge in [0.25, 0.3) is 5.78 Å². The minimum absolute atomic E-state index is 0. The molecule has 2 nitrogen and oxygen atoms in total. The minimum atomic E-state index is -5.46. The van der Waals surface area contributed by atoms with Crippen LogP contribution in [-0.4, -0.2) is 45.4 Å². The molecule has 0 aliphatic carbocycles. The Bertz CT molecular complexity index is 240. The van der Waals surface area contributed by atoms with E-state index in [1.54, 1.807) is 0 Å². The van der Waals surface area contributed by atoms with Gasteiger partial charge < -0.3 is 5.11 Å². The molecule has 0 amide bonds. The zero-order valence-corrected chi connectivity index (χ0v) is 10.7. The number of rotatable bonds is 1. The predicted octanol–water partition coefficient (Wildman–Crippen LogP) is 0.543. The van der Waals surface area contributed by atoms with Gasteiger partial charge in [0.15, 0.2) is 0 Å². The summed E-state index contributed by atoms with van der Waals surface area (Å²) in [5.41, 5.74) is 0. The van der Waals surface area contributed by atoms with Gasteiger partial charge in [0.2, 0.25) is 0 Å². The van der Waals surface area contributed by atoms with E-state index in [0.29, 0.717) is 0 Å². The van der Waals surface area contributed by atoms with Crippen molar-refractivity contribution in [3.8, 4) is 0 Å². The van der Waals surface area contributed by atoms with Gasteiger partial charge in [-0.15, -0.1) is 0 Å². The maximum Gasteiger partial charge on any atom is 1.00 e. The Morgan fingerprint density at radius 1 is 1.00 bits per heavy atom. The molecular weight excluding hydrogens is 410 g/mol. The zero-order chi connectivity index (χ0) is 10.9. The summed E-state index contributed by atoms with van der Waals surface area (Å²) in [4.78, 5) is 9.82. The van der Waals surface area contributed by atoms with Crippen LogP contribution in [0.25, 0.3) is 0 Å². The van der Waals surface area contributed by atoms with Crippen LogP contribution in [0.2, 0.25) is 0 Å². The first-order chi connectivity index (χ1) is 5.55. The smallest absolute Gasteiger partial charge is 0.869 e. The van der Waals surface area contributed by atoms with Gasteiger partial charge in [0.05, 0.1) is 0 Å². The van der Waals surface area contributed by atoms with E-state index in [1.807, 2.05) is 0 Å². The molecule has 0 radical (unpaired) electrons. The number of hydrogen-bond acceptors (Lipinski definition) is 2. The van der Waals surface area contributed by atoms with Crippen LogP contribution < -0.4 is 5.11 Å². The van der Waals surface area contributed by atoms with Crippen molar-refractivity contribution in [2.75, 3.05) is 0 Å². The summed E-state index contributed by atoms with van der Waals surface area (Å²) >= 11 is 0. The van der Waals surface area contributed by atoms with Crippen molar-refractivity contribution < 1.29 is 36.2 Å². The summed E-state index contributed by atoms with van der Waals surface area (Å²) in [7, 11) is 0. The minimum Gasteiger partial charge on any atom is -0.869 e. The molecule has 0 aromatic rings. The molecule has 14 heavy (non-hydrogen) atoms. The summed E-state index contributed by atoms with van der Waals surface area (Å²) in [6.07, 6.45) is -11.9. The fraction of sp³-hybridized carbons (Fsp3) is 0.400. The van der Waals surface area contributed by atoms with Crippen LogP contribution in [0, 0.1) is 0 Å². The monoisotopic (exact) mass is 412 g/mol. The molecule has 9 heteroatoms. The molecule has 0 atom stereocenters. The molecule has 0 saturated heterocycles. The van der Waals surface area contributed by atoms with E-state index < -0.39 is 30.0 Å². The normalized spacial score (nSPS) is 13.4. The van der Waals surface area contributed by atoms with Crippen molar-refractivity contribution in [1.82, 2.24) is 0 Å². The molecule has 0 N–H and O–H groups in total. The Hall–Kier alpha value is -0.288. The number of carbonyl (C=O) groups is 1. The number of carbonyl (C=O) groups excluding carboxylic acids is 1. The molecule has 0 rings (SSSR count). The molecule has 0 unspecified atom stereocenters. The first-order valence-electron chi connectivity index (χ1n) is 2.62. The molecule has 78 valence electrons. The number of ketones is 1. The van der Waals surface area contributed by atoms with Crippen molar-refractivity contribution in [3.63, 3.8) is 0 Å². The van der Waals surface area contributed by atoms with Crippen molar-refractivity contribution in [2.24, 2.45) is 0 Å². The van der Waals surface area contributed by atoms with Crippen molar-refractivity contribution in [2.45, 2.75) is 12.4 Å². The Balaban J connectivity index is 0. The van der Waals surface area contributed by atoms with E-state index in [-0.39, 0.29) is 27.3 Å². The van der Waals surface area contributed by atoms with Crippen molar-refractivity contribution in [1.29, 1.82) is 0 Å². The molecule has 0 aliphatic rings. The van der Waals surface area contributed by atoms with Crippen LogP contribution in [0.5, 0.6) is 0 Å². The molecule has 0 heterocycles. The number of halogens is 6. The Kier molecular flexibility index (Phi) is 5.75. The second kappa shape index (κ2) is 4.98. The Labute approximate surface area is 93.7 Å². The molecule has 0 aromatic heterocycles. The van der Waals surface area contributed by atoms with E-state index in [2.05, 4.69) is 0 Å². The van der Waals surface area contributed by atoms with Gasteiger partial charge in [0.1, 0.15) is 0 Å². The van der Waals surface area contributed by atoms with Crippen molar-refractivity contribution >= 4 is 33.1 Å². The van der Waals surface area contributed by atoms with Gasteiger partial charge in [-0.3, -0.25) is 4.79 Å². The van der Waals surface area contributed by atoms with Crippen LogP contribution in [0.1, 0.15) is 0 Å². The molecule has 0 fully saturated rings. The second-order valence-electron chi connectivity index (χ2n) is 1.87. The predicted molar refractivity (Wildman–Crippen MR) is 31.0 cm³/mol. The van der Waals surface area contributed by atoms with Crippen LogP contribution in [0.4, 0.5) is 26.3 Å².